The summed E-state index contributed by atoms with van der Waals surface area (Å²) in [5.74, 6) is -0.773. The van der Waals surface area contributed by atoms with Gasteiger partial charge in [0.2, 0.25) is 5.91 Å². The molecule has 1 aromatic carbocycles. The van der Waals surface area contributed by atoms with E-state index in [2.05, 4.69) is 15.0 Å². The number of rotatable bonds is 4. The zero-order chi connectivity index (χ0) is 18.7. The second-order valence-electron chi connectivity index (χ2n) is 5.41. The Bertz CT molecular complexity index is 883. The van der Waals surface area contributed by atoms with Crippen LogP contribution in [-0.4, -0.2) is 43.0 Å². The second kappa shape index (κ2) is 7.09. The molecule has 0 unspecified atom stereocenters. The lowest BCUT2D eigenvalue weighted by Crippen LogP contribution is -2.44. The highest BCUT2D eigenvalue weighted by Gasteiger charge is 2.29. The molecule has 1 aliphatic rings. The van der Waals surface area contributed by atoms with Gasteiger partial charge >= 0.3 is 5.97 Å². The molecule has 26 heavy (non-hydrogen) atoms. The van der Waals surface area contributed by atoms with Gasteiger partial charge < -0.3 is 20.5 Å². The number of pyridine rings is 1. The number of aromatic nitrogens is 1. The molecule has 9 nitrogen and oxygen atoms in total. The number of para-hydroxylation sites is 1. The van der Waals surface area contributed by atoms with Gasteiger partial charge in [0.05, 0.1) is 18.4 Å². The standard InChI is InChI=1S/C17H16N4O5/c1-25-17(24)10-4-2-3-5-11(10)19-14(22)8-21-15(23)9-26-12-6-7-13(18)20-16(12)21/h2-7H,8-9H2,1H3,(H2,18,20)(H,19,22). The van der Waals surface area contributed by atoms with E-state index in [1.54, 1.807) is 30.3 Å². The summed E-state index contributed by atoms with van der Waals surface area (Å²) in [6.45, 7) is -0.508. The van der Waals surface area contributed by atoms with E-state index in [9.17, 15) is 14.4 Å². The van der Waals surface area contributed by atoms with Gasteiger partial charge in [-0.05, 0) is 24.3 Å². The molecular formula is C17H16N4O5. The average molecular weight is 356 g/mol. The first kappa shape index (κ1) is 17.2. The lowest BCUT2D eigenvalue weighted by Gasteiger charge is -2.27. The molecule has 9 heteroatoms. The summed E-state index contributed by atoms with van der Waals surface area (Å²) in [5, 5.41) is 2.61. The second-order valence-corrected chi connectivity index (χ2v) is 5.41. The zero-order valence-electron chi connectivity index (χ0n) is 13.9. The Hall–Kier alpha value is -3.62. The van der Waals surface area contributed by atoms with Crippen LogP contribution in [0.3, 0.4) is 0 Å². The number of methoxy groups -OCH3 is 1. The van der Waals surface area contributed by atoms with Crippen LogP contribution < -0.4 is 20.7 Å². The van der Waals surface area contributed by atoms with Crippen molar-refractivity contribution in [2.45, 2.75) is 0 Å². The fourth-order valence-electron chi connectivity index (χ4n) is 2.47. The largest absolute Gasteiger partial charge is 0.480 e. The lowest BCUT2D eigenvalue weighted by atomic mass is 10.2. The van der Waals surface area contributed by atoms with E-state index >= 15 is 0 Å². The highest BCUT2D eigenvalue weighted by molar-refractivity contribution is 6.06. The molecule has 3 rings (SSSR count). The van der Waals surface area contributed by atoms with E-state index < -0.39 is 17.8 Å². The average Bonchev–Trinajstić information content (AvgIpc) is 2.64. The SMILES string of the molecule is COC(=O)c1ccccc1NC(=O)CN1C(=O)COc2ccc(N)nc21. The maximum atomic E-state index is 12.4. The van der Waals surface area contributed by atoms with Crippen LogP contribution in [0.5, 0.6) is 5.75 Å². The highest BCUT2D eigenvalue weighted by atomic mass is 16.5. The third-order valence-electron chi connectivity index (χ3n) is 3.68. The van der Waals surface area contributed by atoms with E-state index in [4.69, 9.17) is 10.5 Å². The van der Waals surface area contributed by atoms with Crippen molar-refractivity contribution in [3.05, 3.63) is 42.0 Å². The molecule has 1 aliphatic heterocycles. The Balaban J connectivity index is 1.80. The molecular weight excluding hydrogens is 340 g/mol. The number of esters is 1. The third kappa shape index (κ3) is 3.41. The molecule has 134 valence electrons. The molecule has 0 spiro atoms. The molecule has 1 aromatic heterocycles. The third-order valence-corrected chi connectivity index (χ3v) is 3.68. The maximum absolute atomic E-state index is 12.4. The minimum atomic E-state index is -0.580. The van der Waals surface area contributed by atoms with Gasteiger partial charge in [0.15, 0.2) is 18.2 Å². The van der Waals surface area contributed by atoms with Crippen molar-refractivity contribution in [3.8, 4) is 5.75 Å². The van der Waals surface area contributed by atoms with Crippen molar-refractivity contribution in [2.75, 3.05) is 36.2 Å². The van der Waals surface area contributed by atoms with Crippen molar-refractivity contribution < 1.29 is 23.9 Å². The minimum Gasteiger partial charge on any atom is -0.480 e. The predicted octanol–water partition coefficient (Wildman–Crippen LogP) is 0.814. The van der Waals surface area contributed by atoms with Crippen molar-refractivity contribution in [1.29, 1.82) is 0 Å². The number of nitrogens with one attached hydrogen (secondary N) is 1. The van der Waals surface area contributed by atoms with Gasteiger partial charge in [-0.25, -0.2) is 9.78 Å². The summed E-state index contributed by atoms with van der Waals surface area (Å²) in [7, 11) is 1.25. The number of anilines is 3. The Labute approximate surface area is 148 Å². The molecule has 2 aromatic rings. The molecule has 0 aliphatic carbocycles. The summed E-state index contributed by atoms with van der Waals surface area (Å²) in [6.07, 6.45) is 0. The van der Waals surface area contributed by atoms with Gasteiger partial charge in [0, 0.05) is 0 Å². The molecule has 0 fully saturated rings. The van der Waals surface area contributed by atoms with E-state index in [1.807, 2.05) is 0 Å². The number of nitrogens with zero attached hydrogens (tertiary/aromatic N) is 2. The van der Waals surface area contributed by atoms with Crippen molar-refractivity contribution in [2.24, 2.45) is 0 Å². The lowest BCUT2D eigenvalue weighted by molar-refractivity contribution is -0.123. The number of nitrogen functional groups attached to an aromatic ring is 1. The number of hydrogen-bond donors (Lipinski definition) is 2. The molecule has 0 saturated carbocycles. The van der Waals surface area contributed by atoms with Gasteiger partial charge in [-0.3, -0.25) is 14.5 Å². The first-order chi connectivity index (χ1) is 12.5. The Morgan fingerprint density at radius 1 is 1.31 bits per heavy atom. The summed E-state index contributed by atoms with van der Waals surface area (Å²) in [4.78, 5) is 41.6. The molecule has 3 N–H and O–H groups in total. The first-order valence-corrected chi connectivity index (χ1v) is 7.66. The Kier molecular flexibility index (Phi) is 4.70. The number of carbonyl (C=O) groups excluding carboxylic acids is 3. The molecule has 0 radical (unpaired) electrons. The fourth-order valence-corrected chi connectivity index (χ4v) is 2.47. The number of benzene rings is 1. The topological polar surface area (TPSA) is 124 Å². The summed E-state index contributed by atoms with van der Waals surface area (Å²) < 4.78 is 9.97. The number of nitrogens with two attached hydrogens (primary N) is 1. The van der Waals surface area contributed by atoms with Crippen LogP contribution in [0.25, 0.3) is 0 Å². The van der Waals surface area contributed by atoms with Crippen LogP contribution in [0.15, 0.2) is 36.4 Å². The van der Waals surface area contributed by atoms with Crippen molar-refractivity contribution in [1.82, 2.24) is 4.98 Å². The highest BCUT2D eigenvalue weighted by Crippen LogP contribution is 2.30. The summed E-state index contributed by atoms with van der Waals surface area (Å²) in [5.41, 5.74) is 6.15. The molecule has 2 amide bonds. The van der Waals surface area contributed by atoms with Crippen LogP contribution in [0, 0.1) is 0 Å². The van der Waals surface area contributed by atoms with Crippen LogP contribution in [0.1, 0.15) is 10.4 Å². The van der Waals surface area contributed by atoms with Crippen LogP contribution >= 0.6 is 0 Å². The fraction of sp³-hybridized carbons (Fsp3) is 0.176. The molecule has 0 atom stereocenters. The van der Waals surface area contributed by atoms with Crippen LogP contribution in [-0.2, 0) is 14.3 Å². The van der Waals surface area contributed by atoms with Crippen molar-refractivity contribution in [3.63, 3.8) is 0 Å². The zero-order valence-corrected chi connectivity index (χ0v) is 13.9. The summed E-state index contributed by atoms with van der Waals surface area (Å²) >= 11 is 0. The molecule has 0 saturated heterocycles. The van der Waals surface area contributed by atoms with E-state index in [-0.39, 0.29) is 36.0 Å². The predicted molar refractivity (Wildman–Crippen MR) is 92.9 cm³/mol. The van der Waals surface area contributed by atoms with Crippen molar-refractivity contribution >= 4 is 35.1 Å². The minimum absolute atomic E-state index is 0.178. The van der Waals surface area contributed by atoms with Crippen LogP contribution in [0.2, 0.25) is 0 Å². The maximum Gasteiger partial charge on any atom is 0.339 e. The number of carbonyl (C=O) groups is 3. The molecule has 0 bridgehead atoms. The van der Waals surface area contributed by atoms with E-state index in [0.29, 0.717) is 5.75 Å². The smallest absolute Gasteiger partial charge is 0.339 e. The quantitative estimate of drug-likeness (QED) is 0.777. The number of amides is 2. The van der Waals surface area contributed by atoms with Gasteiger partial charge in [-0.2, -0.15) is 0 Å². The van der Waals surface area contributed by atoms with Gasteiger partial charge in [0.1, 0.15) is 12.4 Å². The van der Waals surface area contributed by atoms with E-state index in [0.717, 1.165) is 0 Å². The van der Waals surface area contributed by atoms with E-state index in [1.165, 1.54) is 18.1 Å². The van der Waals surface area contributed by atoms with Gasteiger partial charge in [-0.1, -0.05) is 12.1 Å². The normalized spacial score (nSPS) is 12.8. The van der Waals surface area contributed by atoms with Gasteiger partial charge in [-0.15, -0.1) is 0 Å². The monoisotopic (exact) mass is 356 g/mol. The first-order valence-electron chi connectivity index (χ1n) is 7.66. The summed E-state index contributed by atoms with van der Waals surface area (Å²) in [6, 6.07) is 9.53. The number of hydrogen-bond acceptors (Lipinski definition) is 7. The van der Waals surface area contributed by atoms with Gasteiger partial charge in [0.25, 0.3) is 5.91 Å². The van der Waals surface area contributed by atoms with Crippen LogP contribution in [0.4, 0.5) is 17.3 Å². The Morgan fingerprint density at radius 3 is 2.85 bits per heavy atom. The Morgan fingerprint density at radius 2 is 2.08 bits per heavy atom. The number of fused-ring (bicyclic) bond motifs is 1. The molecule has 2 heterocycles. The number of ether oxygens (including phenoxy) is 2.